The Bertz CT molecular complexity index is 627. The van der Waals surface area contributed by atoms with E-state index >= 15 is 0 Å². The Kier molecular flexibility index (Phi) is 7.31. The van der Waals surface area contributed by atoms with Crippen molar-refractivity contribution in [3.05, 3.63) is 35.9 Å². The maximum atomic E-state index is 12.7. The van der Waals surface area contributed by atoms with Gasteiger partial charge in [-0.05, 0) is 18.4 Å². The Morgan fingerprint density at radius 3 is 2.62 bits per heavy atom. The number of carboxylic acid groups (broad SMARTS) is 1. The van der Waals surface area contributed by atoms with Crippen molar-refractivity contribution in [1.82, 2.24) is 5.32 Å². The van der Waals surface area contributed by atoms with E-state index in [0.29, 0.717) is 26.1 Å². The van der Waals surface area contributed by atoms with E-state index in [1.807, 2.05) is 30.3 Å². The van der Waals surface area contributed by atoms with E-state index in [1.54, 1.807) is 0 Å². The van der Waals surface area contributed by atoms with Gasteiger partial charge in [-0.2, -0.15) is 0 Å². The first-order chi connectivity index (χ1) is 12.0. The first kappa shape index (κ1) is 21.0. The Morgan fingerprint density at radius 2 is 2.00 bits per heavy atom. The molecule has 0 aliphatic carbocycles. The molecule has 9 heteroatoms. The monoisotopic (exact) mass is 402 g/mol. The number of benzene rings is 1. The number of hydrogen-bond donors (Lipinski definition) is 3. The third-order valence-corrected chi connectivity index (χ3v) is 6.43. The predicted octanol–water partition coefficient (Wildman–Crippen LogP) is 1.14. The summed E-state index contributed by atoms with van der Waals surface area (Å²) >= 11 is 1.43. The topological polar surface area (TPSA) is 111 Å². The van der Waals surface area contributed by atoms with Crippen LogP contribution in [0.3, 0.4) is 0 Å². The molecule has 1 spiro atoms. The number of nitrogens with two attached hydrogens (primary N) is 1. The molecular formula is C17H23ClN2O5S. The molecule has 26 heavy (non-hydrogen) atoms. The van der Waals surface area contributed by atoms with Gasteiger partial charge in [-0.1, -0.05) is 30.3 Å². The number of halogens is 1. The Labute approximate surface area is 162 Å². The van der Waals surface area contributed by atoms with Crippen LogP contribution in [0, 0.1) is 0 Å². The normalized spacial score (nSPS) is 25.3. The van der Waals surface area contributed by atoms with Crippen molar-refractivity contribution < 1.29 is 24.2 Å². The molecule has 2 saturated heterocycles. The Hall–Kier alpha value is -1.32. The second-order valence-electron chi connectivity index (χ2n) is 6.27. The summed E-state index contributed by atoms with van der Waals surface area (Å²) in [5, 5.41) is 11.7. The van der Waals surface area contributed by atoms with E-state index in [4.69, 9.17) is 15.2 Å². The van der Waals surface area contributed by atoms with Crippen molar-refractivity contribution >= 4 is 36.1 Å². The molecule has 3 atom stereocenters. The lowest BCUT2D eigenvalue weighted by Gasteiger charge is -2.36. The van der Waals surface area contributed by atoms with Crippen LogP contribution < -0.4 is 11.1 Å². The lowest BCUT2D eigenvalue weighted by molar-refractivity contribution is -0.149. The molecule has 2 aliphatic rings. The van der Waals surface area contributed by atoms with Crippen LogP contribution in [0.15, 0.2) is 30.3 Å². The molecule has 4 N–H and O–H groups in total. The molecule has 0 aromatic heterocycles. The van der Waals surface area contributed by atoms with Crippen LogP contribution in [0.4, 0.5) is 0 Å². The van der Waals surface area contributed by atoms with Crippen molar-refractivity contribution in [2.45, 2.75) is 41.7 Å². The van der Waals surface area contributed by atoms with Crippen molar-refractivity contribution in [3.63, 3.8) is 0 Å². The van der Waals surface area contributed by atoms with E-state index in [2.05, 4.69) is 5.32 Å². The zero-order chi connectivity index (χ0) is 17.9. The van der Waals surface area contributed by atoms with Gasteiger partial charge in [0.15, 0.2) is 0 Å². The van der Waals surface area contributed by atoms with E-state index in [1.165, 1.54) is 11.8 Å². The summed E-state index contributed by atoms with van der Waals surface area (Å²) in [5.74, 6) is -1.47. The van der Waals surface area contributed by atoms with Crippen molar-refractivity contribution in [1.29, 1.82) is 0 Å². The van der Waals surface area contributed by atoms with E-state index in [0.717, 1.165) is 5.56 Å². The maximum absolute atomic E-state index is 12.7. The maximum Gasteiger partial charge on any atom is 0.324 e. The third kappa shape index (κ3) is 4.50. The van der Waals surface area contributed by atoms with E-state index < -0.39 is 28.2 Å². The second-order valence-corrected chi connectivity index (χ2v) is 7.83. The van der Waals surface area contributed by atoms with Gasteiger partial charge >= 0.3 is 11.9 Å². The molecule has 0 bridgehead atoms. The van der Waals surface area contributed by atoms with Crippen LogP contribution in [-0.4, -0.2) is 52.5 Å². The molecule has 2 aliphatic heterocycles. The molecule has 7 nitrogen and oxygen atoms in total. The number of esters is 1. The summed E-state index contributed by atoms with van der Waals surface area (Å²) in [6.07, 6.45) is 1.30. The van der Waals surface area contributed by atoms with E-state index in [9.17, 15) is 14.7 Å². The highest BCUT2D eigenvalue weighted by Gasteiger charge is 2.54. The summed E-state index contributed by atoms with van der Waals surface area (Å²) in [5.41, 5.74) is 6.68. The lowest BCUT2D eigenvalue weighted by Crippen LogP contribution is -2.53. The highest BCUT2D eigenvalue weighted by Crippen LogP contribution is 2.46. The van der Waals surface area contributed by atoms with Gasteiger partial charge in [0.2, 0.25) is 0 Å². The largest absolute Gasteiger partial charge is 0.480 e. The van der Waals surface area contributed by atoms with Crippen LogP contribution in [0.25, 0.3) is 0 Å². The van der Waals surface area contributed by atoms with Gasteiger partial charge in [0, 0.05) is 18.0 Å². The average molecular weight is 403 g/mol. The molecule has 0 saturated carbocycles. The van der Waals surface area contributed by atoms with Gasteiger partial charge in [0.25, 0.3) is 0 Å². The molecule has 2 fully saturated rings. The van der Waals surface area contributed by atoms with Gasteiger partial charge in [-0.3, -0.25) is 14.9 Å². The van der Waals surface area contributed by atoms with Crippen LogP contribution >= 0.6 is 24.2 Å². The molecular weight excluding hydrogens is 380 g/mol. The molecule has 2 heterocycles. The average Bonchev–Trinajstić information content (AvgIpc) is 2.99. The molecule has 144 valence electrons. The van der Waals surface area contributed by atoms with Gasteiger partial charge in [0.1, 0.15) is 18.7 Å². The van der Waals surface area contributed by atoms with Gasteiger partial charge in [0.05, 0.1) is 5.37 Å². The van der Waals surface area contributed by atoms with Gasteiger partial charge < -0.3 is 20.3 Å². The smallest absolute Gasteiger partial charge is 0.324 e. The number of hydrogen-bond acceptors (Lipinski definition) is 7. The SMILES string of the molecule is Cl.NC(C(=O)O)C1NC(C(=O)OCc2ccccc2)C2(CCOCC2)S1. The van der Waals surface area contributed by atoms with E-state index in [-0.39, 0.29) is 25.0 Å². The number of carbonyl (C=O) groups excluding carboxylic acids is 1. The summed E-state index contributed by atoms with van der Waals surface area (Å²) in [6.45, 7) is 1.25. The van der Waals surface area contributed by atoms with Crippen molar-refractivity contribution in [2.24, 2.45) is 5.73 Å². The molecule has 3 rings (SSSR count). The quantitative estimate of drug-likeness (QED) is 0.629. The minimum absolute atomic E-state index is 0. The highest BCUT2D eigenvalue weighted by atomic mass is 35.5. The fourth-order valence-electron chi connectivity index (χ4n) is 3.20. The van der Waals surface area contributed by atoms with Crippen LogP contribution in [0.2, 0.25) is 0 Å². The minimum Gasteiger partial charge on any atom is -0.480 e. The Morgan fingerprint density at radius 1 is 1.35 bits per heavy atom. The van der Waals surface area contributed by atoms with Crippen molar-refractivity contribution in [3.8, 4) is 0 Å². The van der Waals surface area contributed by atoms with Gasteiger partial charge in [-0.25, -0.2) is 0 Å². The standard InChI is InChI=1S/C17H22N2O5S.ClH/c18-12(15(20)21)14-19-13(17(25-14)6-8-23-9-7-17)16(22)24-10-11-4-2-1-3-5-11;/h1-5,12-14,19H,6-10,18H2,(H,20,21);1H. The minimum atomic E-state index is -1.09. The zero-order valence-electron chi connectivity index (χ0n) is 14.1. The second kappa shape index (κ2) is 9.05. The number of nitrogens with one attached hydrogen (secondary N) is 1. The third-order valence-electron chi connectivity index (χ3n) is 4.63. The first-order valence-corrected chi connectivity index (χ1v) is 9.10. The Balaban J connectivity index is 0.00000243. The number of aliphatic carboxylic acids is 1. The molecule has 1 aromatic carbocycles. The number of rotatable bonds is 5. The summed E-state index contributed by atoms with van der Waals surface area (Å²) in [4.78, 5) is 23.9. The van der Waals surface area contributed by atoms with Gasteiger partial charge in [-0.15, -0.1) is 24.2 Å². The first-order valence-electron chi connectivity index (χ1n) is 8.22. The number of carboxylic acids is 1. The van der Waals surface area contributed by atoms with Crippen LogP contribution in [-0.2, 0) is 25.7 Å². The molecule has 1 aromatic rings. The van der Waals surface area contributed by atoms with Crippen molar-refractivity contribution in [2.75, 3.05) is 13.2 Å². The van der Waals surface area contributed by atoms with Crippen LogP contribution in [0.5, 0.6) is 0 Å². The molecule has 3 unspecified atom stereocenters. The molecule has 0 radical (unpaired) electrons. The van der Waals surface area contributed by atoms with Crippen LogP contribution in [0.1, 0.15) is 18.4 Å². The zero-order valence-corrected chi connectivity index (χ0v) is 15.8. The number of carbonyl (C=O) groups is 2. The fraction of sp³-hybridized carbons (Fsp3) is 0.529. The number of thioether (sulfide) groups is 1. The highest BCUT2D eigenvalue weighted by molar-refractivity contribution is 8.01. The summed E-state index contributed by atoms with van der Waals surface area (Å²) in [7, 11) is 0. The molecule has 0 amide bonds. The lowest BCUT2D eigenvalue weighted by atomic mass is 9.90. The predicted molar refractivity (Wildman–Crippen MR) is 100 cm³/mol. The number of ether oxygens (including phenoxy) is 2. The fourth-order valence-corrected chi connectivity index (χ4v) is 4.87. The summed E-state index contributed by atoms with van der Waals surface area (Å²) in [6, 6.07) is 7.76. The summed E-state index contributed by atoms with van der Waals surface area (Å²) < 4.78 is 10.5.